The van der Waals surface area contributed by atoms with Crippen molar-refractivity contribution >= 4 is 33.7 Å². The number of thiophene rings is 1. The molecule has 0 saturated heterocycles. The van der Waals surface area contributed by atoms with Gasteiger partial charge in [-0.25, -0.2) is 4.39 Å². The molecule has 2 aromatic heterocycles. The van der Waals surface area contributed by atoms with Crippen molar-refractivity contribution in [2.75, 3.05) is 5.32 Å². The highest BCUT2D eigenvalue weighted by Crippen LogP contribution is 2.46. The fourth-order valence-corrected chi connectivity index (χ4v) is 5.80. The van der Waals surface area contributed by atoms with E-state index in [0.717, 1.165) is 33.7 Å². The lowest BCUT2D eigenvalue weighted by Crippen LogP contribution is -2.36. The third-order valence-electron chi connectivity index (χ3n) is 5.76. The summed E-state index contributed by atoms with van der Waals surface area (Å²) in [6.45, 7) is 5.95. The zero-order valence-electron chi connectivity index (χ0n) is 18.8. The molecule has 1 unspecified atom stereocenters. The molecule has 33 heavy (non-hydrogen) atoms. The summed E-state index contributed by atoms with van der Waals surface area (Å²) in [7, 11) is 0. The number of nitrogens with zero attached hydrogens (tertiary/aromatic N) is 2. The highest BCUT2D eigenvalue weighted by Gasteiger charge is 2.40. The van der Waals surface area contributed by atoms with Gasteiger partial charge in [0, 0.05) is 15.7 Å². The van der Waals surface area contributed by atoms with Crippen LogP contribution in [0.1, 0.15) is 49.1 Å². The van der Waals surface area contributed by atoms with Gasteiger partial charge in [0.15, 0.2) is 0 Å². The number of nitrogens with one attached hydrogen (secondary N) is 1. The van der Waals surface area contributed by atoms with Crippen molar-refractivity contribution in [3.8, 4) is 10.4 Å². The Labute approximate surface area is 201 Å². The molecule has 0 spiro atoms. The molecule has 7 heteroatoms. The quantitative estimate of drug-likeness (QED) is 0.292. The molecule has 1 atom stereocenters. The van der Waals surface area contributed by atoms with Gasteiger partial charge in [-0.1, -0.05) is 74.9 Å². The zero-order chi connectivity index (χ0) is 23.4. The van der Waals surface area contributed by atoms with E-state index in [2.05, 4.69) is 58.8 Å². The van der Waals surface area contributed by atoms with Gasteiger partial charge in [0.05, 0.1) is 5.41 Å². The molecule has 0 radical (unpaired) electrons. The Hall–Kier alpha value is -2.90. The molecule has 0 aliphatic heterocycles. The molecule has 1 amide bonds. The Balaban J connectivity index is 1.70. The number of rotatable bonds is 8. The van der Waals surface area contributed by atoms with Crippen molar-refractivity contribution in [3.05, 3.63) is 88.0 Å². The molecule has 4 aromatic rings. The molecule has 4 rings (SSSR count). The van der Waals surface area contributed by atoms with Crippen LogP contribution in [-0.2, 0) is 11.2 Å². The van der Waals surface area contributed by atoms with Crippen molar-refractivity contribution in [3.63, 3.8) is 0 Å². The predicted octanol–water partition coefficient (Wildman–Crippen LogP) is 7.16. The number of amides is 1. The van der Waals surface area contributed by atoms with Crippen molar-refractivity contribution in [1.82, 2.24) is 10.2 Å². The average molecular weight is 480 g/mol. The number of benzene rings is 2. The molecular weight excluding hydrogens is 453 g/mol. The average Bonchev–Trinajstić information content (AvgIpc) is 3.47. The van der Waals surface area contributed by atoms with Gasteiger partial charge in [-0.15, -0.1) is 21.5 Å². The number of aromatic nitrogens is 2. The van der Waals surface area contributed by atoms with Gasteiger partial charge >= 0.3 is 0 Å². The van der Waals surface area contributed by atoms with E-state index in [1.54, 1.807) is 22.9 Å². The zero-order valence-corrected chi connectivity index (χ0v) is 20.5. The first-order chi connectivity index (χ1) is 15.9. The Kier molecular flexibility index (Phi) is 7.00. The number of halogens is 1. The van der Waals surface area contributed by atoms with Crippen LogP contribution in [0.25, 0.3) is 10.4 Å². The van der Waals surface area contributed by atoms with Gasteiger partial charge in [-0.3, -0.25) is 4.79 Å². The lowest BCUT2D eigenvalue weighted by atomic mass is 9.73. The van der Waals surface area contributed by atoms with E-state index in [1.165, 1.54) is 29.0 Å². The highest BCUT2D eigenvalue weighted by atomic mass is 32.1. The summed E-state index contributed by atoms with van der Waals surface area (Å²) in [5.74, 6) is -0.840. The minimum absolute atomic E-state index is 0.188. The Morgan fingerprint density at radius 3 is 2.58 bits per heavy atom. The first-order valence-electron chi connectivity index (χ1n) is 10.9. The molecule has 2 aromatic carbocycles. The van der Waals surface area contributed by atoms with E-state index >= 15 is 0 Å². The summed E-state index contributed by atoms with van der Waals surface area (Å²) in [6.07, 6.45) is 2.18. The minimum Gasteiger partial charge on any atom is -0.300 e. The Morgan fingerprint density at radius 1 is 1.12 bits per heavy atom. The Morgan fingerprint density at radius 2 is 1.91 bits per heavy atom. The normalized spacial score (nSPS) is 12.5. The maximum Gasteiger partial charge on any atom is 0.232 e. The van der Waals surface area contributed by atoms with Crippen molar-refractivity contribution in [2.24, 2.45) is 5.41 Å². The van der Waals surface area contributed by atoms with E-state index in [0.29, 0.717) is 5.13 Å². The molecule has 1 N–H and O–H groups in total. The lowest BCUT2D eigenvalue weighted by Gasteiger charge is -2.32. The van der Waals surface area contributed by atoms with Gasteiger partial charge in [0.2, 0.25) is 11.0 Å². The summed E-state index contributed by atoms with van der Waals surface area (Å²) in [4.78, 5) is 15.4. The lowest BCUT2D eigenvalue weighted by molar-refractivity contribution is -0.124. The maximum absolute atomic E-state index is 14.2. The third-order valence-corrected chi connectivity index (χ3v) is 7.56. The smallest absolute Gasteiger partial charge is 0.232 e. The van der Waals surface area contributed by atoms with Crippen LogP contribution in [0, 0.1) is 11.2 Å². The summed E-state index contributed by atoms with van der Waals surface area (Å²) in [6, 6.07) is 19.3. The number of anilines is 1. The summed E-state index contributed by atoms with van der Waals surface area (Å²) < 4.78 is 14.2. The second-order valence-electron chi connectivity index (χ2n) is 8.56. The van der Waals surface area contributed by atoms with Crippen LogP contribution in [0.2, 0.25) is 0 Å². The number of carbonyl (C=O) groups excluding carboxylic acids is 1. The van der Waals surface area contributed by atoms with Crippen molar-refractivity contribution in [1.29, 1.82) is 0 Å². The summed E-state index contributed by atoms with van der Waals surface area (Å²) in [5, 5.41) is 11.0. The fraction of sp³-hybridized carbons (Fsp3) is 0.269. The van der Waals surface area contributed by atoms with Crippen LogP contribution in [0.3, 0.4) is 0 Å². The number of aryl methyl sites for hydroxylation is 1. The molecule has 4 nitrogen and oxygen atoms in total. The second kappa shape index (κ2) is 9.93. The van der Waals surface area contributed by atoms with E-state index < -0.39 is 5.41 Å². The third kappa shape index (κ3) is 5.20. The van der Waals surface area contributed by atoms with Crippen LogP contribution in [0.5, 0.6) is 0 Å². The van der Waals surface area contributed by atoms with Crippen molar-refractivity contribution < 1.29 is 9.18 Å². The van der Waals surface area contributed by atoms with Crippen LogP contribution in [-0.4, -0.2) is 16.1 Å². The predicted molar refractivity (Wildman–Crippen MR) is 134 cm³/mol. The summed E-state index contributed by atoms with van der Waals surface area (Å²) in [5.41, 5.74) is 3.93. The number of carbonyl (C=O) groups is 1. The highest BCUT2D eigenvalue weighted by molar-refractivity contribution is 7.15. The van der Waals surface area contributed by atoms with Crippen LogP contribution >= 0.6 is 22.7 Å². The molecule has 0 aliphatic carbocycles. The van der Waals surface area contributed by atoms with E-state index in [9.17, 15) is 9.18 Å². The SMILES string of the molecule is CCCc1ccc(-c2ccc(C(c3cccc(F)c3)C(C)(C)C(=O)Nc3nncs3)s2)cc1. The molecule has 0 aliphatic rings. The maximum atomic E-state index is 14.2. The van der Waals surface area contributed by atoms with Gasteiger partial charge in [-0.2, -0.15) is 0 Å². The van der Waals surface area contributed by atoms with Crippen LogP contribution in [0.15, 0.2) is 66.2 Å². The fourth-order valence-electron chi connectivity index (χ4n) is 4.03. The topological polar surface area (TPSA) is 54.9 Å². The van der Waals surface area contributed by atoms with E-state index in [4.69, 9.17) is 0 Å². The van der Waals surface area contributed by atoms with Crippen molar-refractivity contribution in [2.45, 2.75) is 39.5 Å². The largest absolute Gasteiger partial charge is 0.300 e. The van der Waals surface area contributed by atoms with Gasteiger partial charge in [-0.05, 0) is 47.4 Å². The number of hydrogen-bond donors (Lipinski definition) is 1. The molecule has 170 valence electrons. The van der Waals surface area contributed by atoms with Crippen LogP contribution < -0.4 is 5.32 Å². The first kappa shape index (κ1) is 23.3. The van der Waals surface area contributed by atoms with E-state index in [1.807, 2.05) is 19.9 Å². The molecule has 0 fully saturated rings. The van der Waals surface area contributed by atoms with Crippen LogP contribution in [0.4, 0.5) is 9.52 Å². The van der Waals surface area contributed by atoms with Gasteiger partial charge < -0.3 is 5.32 Å². The van der Waals surface area contributed by atoms with E-state index in [-0.39, 0.29) is 17.6 Å². The first-order valence-corrected chi connectivity index (χ1v) is 12.6. The molecule has 0 bridgehead atoms. The molecular formula is C26H26FN3OS2. The minimum atomic E-state index is -0.868. The molecule has 2 heterocycles. The monoisotopic (exact) mass is 479 g/mol. The van der Waals surface area contributed by atoms with Gasteiger partial charge in [0.25, 0.3) is 0 Å². The second-order valence-corrected chi connectivity index (χ2v) is 10.5. The standard InChI is InChI=1S/C26H26FN3OS2/c1-4-6-17-9-11-18(12-10-17)21-13-14-22(33-21)23(19-7-5-8-20(27)15-19)26(2,3)24(31)29-25-30-28-16-32-25/h5,7-16,23H,4,6H2,1-3H3,(H,29,30,31). The summed E-state index contributed by atoms with van der Waals surface area (Å²) >= 11 is 2.91. The molecule has 0 saturated carbocycles. The Bertz CT molecular complexity index is 1220. The van der Waals surface area contributed by atoms with Gasteiger partial charge in [0.1, 0.15) is 11.3 Å². The number of hydrogen-bond acceptors (Lipinski definition) is 5.